The summed E-state index contributed by atoms with van der Waals surface area (Å²) in [6.07, 6.45) is 8.77. The first-order valence-electron chi connectivity index (χ1n) is 6.52. The van der Waals surface area contributed by atoms with Crippen LogP contribution in [0.1, 0.15) is 37.7 Å². The fourth-order valence-electron chi connectivity index (χ4n) is 2.38. The molecule has 90 valence electrons. The predicted octanol–water partition coefficient (Wildman–Crippen LogP) is 3.80. The van der Waals surface area contributed by atoms with Crippen LogP contribution in [0.4, 0.5) is 0 Å². The summed E-state index contributed by atoms with van der Waals surface area (Å²) in [4.78, 5) is 0. The number of rotatable bonds is 3. The molecule has 0 atom stereocenters. The summed E-state index contributed by atoms with van der Waals surface area (Å²) >= 11 is 0. The van der Waals surface area contributed by atoms with Gasteiger partial charge in [-0.05, 0) is 30.4 Å². The molecular weight excluding hydrogens is 208 g/mol. The van der Waals surface area contributed by atoms with Crippen LogP contribution < -0.4 is 0 Å². The Morgan fingerprint density at radius 1 is 1.18 bits per heavy atom. The van der Waals surface area contributed by atoms with Crippen LogP contribution in [0.25, 0.3) is 5.57 Å². The number of benzene rings is 1. The highest BCUT2D eigenvalue weighted by atomic mass is 16.3. The lowest BCUT2D eigenvalue weighted by molar-refractivity contribution is 0.350. The van der Waals surface area contributed by atoms with Crippen molar-refractivity contribution in [2.45, 2.75) is 32.1 Å². The number of hydrogen-bond donors (Lipinski definition) is 1. The molecule has 0 spiro atoms. The Morgan fingerprint density at radius 3 is 2.53 bits per heavy atom. The van der Waals surface area contributed by atoms with Gasteiger partial charge in [-0.2, -0.15) is 0 Å². The third-order valence-corrected chi connectivity index (χ3v) is 3.42. The summed E-state index contributed by atoms with van der Waals surface area (Å²) < 4.78 is 0. The Labute approximate surface area is 103 Å². The molecule has 1 aliphatic rings. The van der Waals surface area contributed by atoms with Gasteiger partial charge in [0.1, 0.15) is 0 Å². The molecule has 1 saturated carbocycles. The zero-order chi connectivity index (χ0) is 11.9. The normalized spacial score (nSPS) is 16.3. The molecule has 0 heterocycles. The molecular formula is C16H20O. The van der Waals surface area contributed by atoms with Gasteiger partial charge in [-0.1, -0.05) is 49.6 Å². The average Bonchev–Trinajstić information content (AvgIpc) is 2.42. The highest BCUT2D eigenvalue weighted by molar-refractivity contribution is 5.65. The Morgan fingerprint density at radius 2 is 1.88 bits per heavy atom. The molecule has 1 nitrogen and oxygen atoms in total. The number of aliphatic hydroxyl groups is 1. The summed E-state index contributed by atoms with van der Waals surface area (Å²) in [5.41, 5.74) is 5.27. The Kier molecular flexibility index (Phi) is 4.61. The van der Waals surface area contributed by atoms with E-state index in [0.29, 0.717) is 5.92 Å². The van der Waals surface area contributed by atoms with Crippen LogP contribution in [-0.4, -0.2) is 11.7 Å². The maximum absolute atomic E-state index is 9.39. The van der Waals surface area contributed by atoms with Gasteiger partial charge in [-0.25, -0.2) is 0 Å². The smallest absolute Gasteiger partial charge is 0.0759 e. The maximum atomic E-state index is 9.39. The van der Waals surface area contributed by atoms with E-state index in [0.717, 1.165) is 11.1 Å². The molecule has 17 heavy (non-hydrogen) atoms. The summed E-state index contributed by atoms with van der Waals surface area (Å²) in [5.74, 6) is 0.661. The van der Waals surface area contributed by atoms with E-state index in [-0.39, 0.29) is 6.61 Å². The van der Waals surface area contributed by atoms with E-state index in [1.807, 2.05) is 30.3 Å². The number of hydrogen-bond acceptors (Lipinski definition) is 1. The zero-order valence-electron chi connectivity index (χ0n) is 10.2. The summed E-state index contributed by atoms with van der Waals surface area (Å²) in [5, 5.41) is 9.39. The minimum atomic E-state index is 0.0627. The second-order valence-corrected chi connectivity index (χ2v) is 4.71. The third kappa shape index (κ3) is 3.59. The first-order chi connectivity index (χ1) is 8.40. The molecule has 1 aliphatic carbocycles. The Bertz CT molecular complexity index is 393. The lowest BCUT2D eigenvalue weighted by atomic mass is 9.89. The molecule has 0 bridgehead atoms. The van der Waals surface area contributed by atoms with E-state index in [2.05, 4.69) is 11.8 Å². The molecule has 1 aromatic rings. The lowest BCUT2D eigenvalue weighted by Gasteiger charge is -2.16. The molecule has 0 aromatic heterocycles. The van der Waals surface area contributed by atoms with Crippen molar-refractivity contribution in [3.05, 3.63) is 47.7 Å². The van der Waals surface area contributed by atoms with Crippen LogP contribution in [0.3, 0.4) is 0 Å². The standard InChI is InChI=1S/C16H20O/c17-13-16(15-9-5-2-6-10-15)12-11-14-7-3-1-4-8-14/h2,5-6,9-11,14,17H,1,3-4,7-8,13H2. The van der Waals surface area contributed by atoms with Gasteiger partial charge in [-0.3, -0.25) is 0 Å². The molecule has 0 unspecified atom stereocenters. The van der Waals surface area contributed by atoms with E-state index in [1.54, 1.807) is 0 Å². The van der Waals surface area contributed by atoms with Gasteiger partial charge < -0.3 is 5.11 Å². The minimum Gasteiger partial charge on any atom is -0.391 e. The molecule has 1 heteroatoms. The first-order valence-corrected chi connectivity index (χ1v) is 6.52. The minimum absolute atomic E-state index is 0.0627. The van der Waals surface area contributed by atoms with E-state index in [9.17, 15) is 5.11 Å². The van der Waals surface area contributed by atoms with Crippen LogP contribution in [0.5, 0.6) is 0 Å². The van der Waals surface area contributed by atoms with Crippen molar-refractivity contribution in [2.75, 3.05) is 6.61 Å². The van der Waals surface area contributed by atoms with E-state index in [1.165, 1.54) is 32.1 Å². The van der Waals surface area contributed by atoms with Crippen molar-refractivity contribution in [1.82, 2.24) is 0 Å². The van der Waals surface area contributed by atoms with Crippen molar-refractivity contribution in [3.63, 3.8) is 0 Å². The fourth-order valence-corrected chi connectivity index (χ4v) is 2.38. The van der Waals surface area contributed by atoms with E-state index >= 15 is 0 Å². The Balaban J connectivity index is 2.14. The molecule has 0 saturated heterocycles. The summed E-state index contributed by atoms with van der Waals surface area (Å²) in [6, 6.07) is 10.0. The molecule has 0 amide bonds. The van der Waals surface area contributed by atoms with Crippen molar-refractivity contribution in [3.8, 4) is 0 Å². The second-order valence-electron chi connectivity index (χ2n) is 4.71. The highest BCUT2D eigenvalue weighted by Gasteiger charge is 2.09. The van der Waals surface area contributed by atoms with Crippen LogP contribution in [0.15, 0.2) is 42.1 Å². The predicted molar refractivity (Wildman–Crippen MR) is 71.6 cm³/mol. The van der Waals surface area contributed by atoms with E-state index in [4.69, 9.17) is 0 Å². The molecule has 2 rings (SSSR count). The van der Waals surface area contributed by atoms with Crippen molar-refractivity contribution in [2.24, 2.45) is 5.92 Å². The van der Waals surface area contributed by atoms with Crippen LogP contribution in [-0.2, 0) is 0 Å². The molecule has 1 aromatic carbocycles. The maximum Gasteiger partial charge on any atom is 0.0759 e. The van der Waals surface area contributed by atoms with Gasteiger partial charge in [0.15, 0.2) is 0 Å². The van der Waals surface area contributed by atoms with Crippen LogP contribution >= 0.6 is 0 Å². The van der Waals surface area contributed by atoms with E-state index < -0.39 is 0 Å². The Hall–Kier alpha value is -1.30. The van der Waals surface area contributed by atoms with Crippen molar-refractivity contribution >= 4 is 5.57 Å². The number of aliphatic hydroxyl groups excluding tert-OH is 1. The summed E-state index contributed by atoms with van der Waals surface area (Å²) in [6.45, 7) is 0.0627. The van der Waals surface area contributed by atoms with Gasteiger partial charge >= 0.3 is 0 Å². The second kappa shape index (κ2) is 6.44. The van der Waals surface area contributed by atoms with Gasteiger partial charge in [0.2, 0.25) is 0 Å². The highest BCUT2D eigenvalue weighted by Crippen LogP contribution is 2.24. The van der Waals surface area contributed by atoms with Crippen molar-refractivity contribution < 1.29 is 5.11 Å². The average molecular weight is 228 g/mol. The fraction of sp³-hybridized carbons (Fsp3) is 0.438. The molecule has 0 aliphatic heterocycles. The topological polar surface area (TPSA) is 20.2 Å². The van der Waals surface area contributed by atoms with Gasteiger partial charge in [0.05, 0.1) is 6.61 Å². The summed E-state index contributed by atoms with van der Waals surface area (Å²) in [7, 11) is 0. The SMILES string of the molecule is OCC(=C=CC1CCCCC1)c1ccccc1. The monoisotopic (exact) mass is 228 g/mol. The largest absolute Gasteiger partial charge is 0.391 e. The van der Waals surface area contributed by atoms with Gasteiger partial charge in [0.25, 0.3) is 0 Å². The molecule has 1 fully saturated rings. The van der Waals surface area contributed by atoms with Gasteiger partial charge in [0, 0.05) is 5.57 Å². The first kappa shape index (κ1) is 12.2. The zero-order valence-corrected chi connectivity index (χ0v) is 10.2. The van der Waals surface area contributed by atoms with Crippen molar-refractivity contribution in [1.29, 1.82) is 0 Å². The van der Waals surface area contributed by atoms with Crippen LogP contribution in [0.2, 0.25) is 0 Å². The van der Waals surface area contributed by atoms with Crippen LogP contribution in [0, 0.1) is 5.92 Å². The molecule has 1 N–H and O–H groups in total. The van der Waals surface area contributed by atoms with Gasteiger partial charge in [-0.15, -0.1) is 5.73 Å². The quantitative estimate of drug-likeness (QED) is 0.780. The molecule has 0 radical (unpaired) electrons. The lowest BCUT2D eigenvalue weighted by Crippen LogP contribution is -2.02. The third-order valence-electron chi connectivity index (χ3n) is 3.42.